The summed E-state index contributed by atoms with van der Waals surface area (Å²) in [5, 5.41) is 1.70. The molecule has 2 aromatic carbocycles. The van der Waals surface area contributed by atoms with E-state index in [-0.39, 0.29) is 0 Å². The van der Waals surface area contributed by atoms with Crippen LogP contribution in [0.3, 0.4) is 0 Å². The summed E-state index contributed by atoms with van der Waals surface area (Å²) in [6, 6.07) is 22.2. The number of hydrogen-bond donors (Lipinski definition) is 0. The summed E-state index contributed by atoms with van der Waals surface area (Å²) >= 11 is 2.35. The van der Waals surface area contributed by atoms with Crippen molar-refractivity contribution in [2.24, 2.45) is 0 Å². The van der Waals surface area contributed by atoms with Gasteiger partial charge in [0.2, 0.25) is 0 Å². The van der Waals surface area contributed by atoms with Crippen LogP contribution in [-0.4, -0.2) is 39.5 Å². The van der Waals surface area contributed by atoms with Gasteiger partial charge in [0.15, 0.2) is 0 Å². The van der Waals surface area contributed by atoms with Crippen LogP contribution in [0.15, 0.2) is 60.7 Å². The van der Waals surface area contributed by atoms with E-state index >= 15 is 0 Å². The van der Waals surface area contributed by atoms with E-state index in [1.54, 1.807) is 5.20 Å². The Morgan fingerprint density at radius 2 is 1.04 bits per heavy atom. The van der Waals surface area contributed by atoms with Gasteiger partial charge in [-0.2, -0.15) is 0 Å². The molecule has 0 saturated carbocycles. The minimum absolute atomic E-state index is 0.555. The Balaban J connectivity index is 2.77. The molecule has 0 heterocycles. The molecule has 0 aliphatic heterocycles. The zero-order valence-electron chi connectivity index (χ0n) is 15.8. The van der Waals surface area contributed by atoms with Crippen molar-refractivity contribution in [1.29, 1.82) is 0 Å². The van der Waals surface area contributed by atoms with E-state index in [0.717, 1.165) is 0 Å². The van der Waals surface area contributed by atoms with Crippen molar-refractivity contribution < 1.29 is 0 Å². The first-order valence-corrected chi connectivity index (χ1v) is 20.1. The topological polar surface area (TPSA) is 0 Å². The number of benzene rings is 2. The molecule has 0 N–H and O–H groups in total. The quantitative estimate of drug-likeness (QED) is 0.433. The molecule has 0 spiro atoms. The zero-order chi connectivity index (χ0) is 18.0. The summed E-state index contributed by atoms with van der Waals surface area (Å²) in [5.41, 5.74) is 2.84. The van der Waals surface area contributed by atoms with Gasteiger partial charge in [-0.1, -0.05) is 0 Å². The summed E-state index contributed by atoms with van der Waals surface area (Å²) in [4.78, 5) is 0. The molecular weight excluding hydrogens is 397 g/mol. The van der Waals surface area contributed by atoms with Gasteiger partial charge in [-0.15, -0.1) is 0 Å². The molecule has 0 aliphatic rings. The van der Waals surface area contributed by atoms with Crippen molar-refractivity contribution in [3.63, 3.8) is 0 Å². The zero-order valence-corrected chi connectivity index (χ0v) is 20.9. The second kappa shape index (κ2) is 7.73. The average Bonchev–Trinajstić information content (AvgIpc) is 2.51. The van der Waals surface area contributed by atoms with E-state index in [1.165, 1.54) is 15.5 Å². The molecule has 0 unspecified atom stereocenters. The third-order valence-electron chi connectivity index (χ3n) is 4.12. The fraction of sp³-hybridized carbons (Fsp3) is 0.300. The molecule has 0 bridgehead atoms. The molecule has 0 amide bonds. The van der Waals surface area contributed by atoms with Crippen molar-refractivity contribution in [2.75, 3.05) is 0 Å². The summed E-state index contributed by atoms with van der Waals surface area (Å²) in [5.74, 6) is 0. The van der Waals surface area contributed by atoms with Crippen molar-refractivity contribution in [2.45, 2.75) is 39.3 Å². The summed E-state index contributed by atoms with van der Waals surface area (Å²) in [7, 11) is -3.07. The van der Waals surface area contributed by atoms with Gasteiger partial charge in [-0.05, 0) is 0 Å². The summed E-state index contributed by atoms with van der Waals surface area (Å²) in [6.45, 7) is 15.5. The molecule has 0 fully saturated rings. The molecule has 2 rings (SSSR count). The Bertz CT molecular complexity index is 681. The molecular formula is C20H28GeSi3. The predicted molar refractivity (Wildman–Crippen MR) is 118 cm³/mol. The van der Waals surface area contributed by atoms with Crippen molar-refractivity contribution in [3.8, 4) is 0 Å². The van der Waals surface area contributed by atoms with Gasteiger partial charge in [0.1, 0.15) is 0 Å². The molecule has 0 aromatic heterocycles. The van der Waals surface area contributed by atoms with Crippen LogP contribution in [-0.2, 0) is 0 Å². The summed E-state index contributed by atoms with van der Waals surface area (Å²) < 4.78 is 1.50. The van der Waals surface area contributed by atoms with Crippen LogP contribution >= 0.6 is 0 Å². The monoisotopic (exact) mass is 426 g/mol. The maximum absolute atomic E-state index is 2.58. The SMILES string of the molecule is C[Si](C)(C)[Si](/C(=[C](\[Ge])c1ccccc1)c1ccccc1)[Si](C)(C)C. The van der Waals surface area contributed by atoms with Gasteiger partial charge in [0.25, 0.3) is 0 Å². The average molecular weight is 425 g/mol. The maximum atomic E-state index is 2.58. The molecule has 2 aromatic rings. The molecule has 0 saturated heterocycles. The second-order valence-electron chi connectivity index (χ2n) is 8.36. The van der Waals surface area contributed by atoms with Crippen LogP contribution in [0.1, 0.15) is 11.1 Å². The standard InChI is InChI=1S/C20H28GeSi3/c1-23(2,3)22(24(4,5)6)20(18-15-11-8-12-16-18)19(21)17-13-9-7-10-14-17/h7-16H,1-6H3/b20-19-. The van der Waals surface area contributed by atoms with Crippen LogP contribution in [0.5, 0.6) is 0 Å². The Labute approximate surface area is 159 Å². The van der Waals surface area contributed by atoms with Gasteiger partial charge >= 0.3 is 160 Å². The fourth-order valence-electron chi connectivity index (χ4n) is 3.64. The van der Waals surface area contributed by atoms with E-state index in [2.05, 4.69) is 116 Å². The molecule has 4 radical (unpaired) electrons. The first-order valence-electron chi connectivity index (χ1n) is 8.57. The number of hydrogen-bond acceptors (Lipinski definition) is 0. The second-order valence-corrected chi connectivity index (χ2v) is 33.2. The van der Waals surface area contributed by atoms with Gasteiger partial charge in [-0.3, -0.25) is 0 Å². The normalized spacial score (nSPS) is 13.8. The molecule has 124 valence electrons. The van der Waals surface area contributed by atoms with Gasteiger partial charge < -0.3 is 0 Å². The first-order chi connectivity index (χ1) is 11.1. The van der Waals surface area contributed by atoms with Gasteiger partial charge in [0.05, 0.1) is 0 Å². The molecule has 0 aliphatic carbocycles. The Morgan fingerprint density at radius 1 is 0.667 bits per heavy atom. The molecule has 24 heavy (non-hydrogen) atoms. The summed E-state index contributed by atoms with van der Waals surface area (Å²) in [6.07, 6.45) is 0. The van der Waals surface area contributed by atoms with Crippen molar-refractivity contribution in [3.05, 3.63) is 71.8 Å². The number of rotatable bonds is 5. The Hall–Kier alpha value is -0.626. The van der Waals surface area contributed by atoms with Gasteiger partial charge in [-0.25, -0.2) is 0 Å². The van der Waals surface area contributed by atoms with Crippen LogP contribution in [0, 0.1) is 0 Å². The molecule has 4 heteroatoms. The third kappa shape index (κ3) is 4.72. The van der Waals surface area contributed by atoms with Crippen LogP contribution in [0.25, 0.3) is 9.60 Å². The van der Waals surface area contributed by atoms with E-state index in [9.17, 15) is 0 Å². The molecule has 0 atom stereocenters. The fourth-order valence-corrected chi connectivity index (χ4v) is 44.4. The Kier molecular flexibility index (Phi) is 6.34. The predicted octanol–water partition coefficient (Wildman–Crippen LogP) is 5.59. The Morgan fingerprint density at radius 3 is 1.42 bits per heavy atom. The first kappa shape index (κ1) is 19.7. The minimum atomic E-state index is -1.26. The van der Waals surface area contributed by atoms with Crippen LogP contribution in [0.4, 0.5) is 0 Å². The van der Waals surface area contributed by atoms with E-state index < -0.39 is 23.0 Å². The van der Waals surface area contributed by atoms with Crippen LogP contribution < -0.4 is 0 Å². The van der Waals surface area contributed by atoms with Crippen LogP contribution in [0.2, 0.25) is 39.3 Å². The van der Waals surface area contributed by atoms with Crippen molar-refractivity contribution in [1.82, 2.24) is 0 Å². The molecule has 0 nitrogen and oxygen atoms in total. The van der Waals surface area contributed by atoms with Crippen molar-refractivity contribution >= 4 is 49.1 Å². The van der Waals surface area contributed by atoms with Gasteiger partial charge in [0, 0.05) is 0 Å². The third-order valence-corrected chi connectivity index (χ3v) is 33.8. The van der Waals surface area contributed by atoms with E-state index in [1.807, 2.05) is 0 Å². The van der Waals surface area contributed by atoms with E-state index in [0.29, 0.717) is 0 Å². The van der Waals surface area contributed by atoms with E-state index in [4.69, 9.17) is 0 Å².